The standard InChI is InChI=1S/C18H18N2O4/c1-11-8-14(5-7-15(11)20-18(21)22-3)23-10-13-4-6-16-17(9-13)24-12(2)19-16/h4-9H,10H2,1-3H3,(H,20,21). The van der Waals surface area contributed by atoms with E-state index >= 15 is 0 Å². The topological polar surface area (TPSA) is 73.6 Å². The minimum Gasteiger partial charge on any atom is -0.489 e. The molecule has 0 unspecified atom stereocenters. The van der Waals surface area contributed by atoms with Crippen molar-refractivity contribution in [2.24, 2.45) is 0 Å². The molecule has 0 atom stereocenters. The number of benzene rings is 2. The molecule has 1 aromatic heterocycles. The SMILES string of the molecule is COC(=O)Nc1ccc(OCc2ccc3nc(C)oc3c2)cc1C. The number of hydrogen-bond acceptors (Lipinski definition) is 5. The molecule has 0 saturated carbocycles. The predicted molar refractivity (Wildman–Crippen MR) is 90.3 cm³/mol. The van der Waals surface area contributed by atoms with E-state index in [0.717, 1.165) is 28.0 Å². The van der Waals surface area contributed by atoms with Gasteiger partial charge in [0.1, 0.15) is 17.9 Å². The van der Waals surface area contributed by atoms with Gasteiger partial charge in [-0.3, -0.25) is 5.32 Å². The summed E-state index contributed by atoms with van der Waals surface area (Å²) in [7, 11) is 1.33. The lowest BCUT2D eigenvalue weighted by atomic mass is 10.2. The van der Waals surface area contributed by atoms with E-state index in [0.29, 0.717) is 18.2 Å². The molecule has 124 valence electrons. The molecular formula is C18H18N2O4. The van der Waals surface area contributed by atoms with Gasteiger partial charge in [0.2, 0.25) is 0 Å². The molecule has 2 aromatic carbocycles. The summed E-state index contributed by atoms with van der Waals surface area (Å²) in [4.78, 5) is 15.5. The molecule has 6 heteroatoms. The molecule has 0 aliphatic carbocycles. The minimum absolute atomic E-state index is 0.416. The molecular weight excluding hydrogens is 308 g/mol. The lowest BCUT2D eigenvalue weighted by Gasteiger charge is -2.11. The van der Waals surface area contributed by atoms with Crippen LogP contribution >= 0.6 is 0 Å². The second-order valence-corrected chi connectivity index (χ2v) is 5.42. The number of carbonyl (C=O) groups is 1. The molecule has 3 aromatic rings. The second kappa shape index (κ2) is 6.62. The molecule has 0 bridgehead atoms. The van der Waals surface area contributed by atoms with Crippen LogP contribution in [0.2, 0.25) is 0 Å². The molecule has 0 saturated heterocycles. The van der Waals surface area contributed by atoms with E-state index in [1.165, 1.54) is 7.11 Å². The third-order valence-corrected chi connectivity index (χ3v) is 3.59. The van der Waals surface area contributed by atoms with E-state index in [4.69, 9.17) is 9.15 Å². The highest BCUT2D eigenvalue weighted by Crippen LogP contribution is 2.23. The van der Waals surface area contributed by atoms with Gasteiger partial charge in [0.05, 0.1) is 7.11 Å². The van der Waals surface area contributed by atoms with Gasteiger partial charge in [0, 0.05) is 12.6 Å². The lowest BCUT2D eigenvalue weighted by molar-refractivity contribution is 0.187. The number of oxazole rings is 1. The number of amides is 1. The number of rotatable bonds is 4. The van der Waals surface area contributed by atoms with Gasteiger partial charge >= 0.3 is 6.09 Å². The van der Waals surface area contributed by atoms with Crippen molar-refractivity contribution in [3.8, 4) is 5.75 Å². The fraction of sp³-hybridized carbons (Fsp3) is 0.222. The largest absolute Gasteiger partial charge is 0.489 e. The zero-order valence-corrected chi connectivity index (χ0v) is 13.8. The summed E-state index contributed by atoms with van der Waals surface area (Å²) in [5.41, 5.74) is 4.16. The fourth-order valence-corrected chi connectivity index (χ4v) is 2.37. The number of nitrogens with one attached hydrogen (secondary N) is 1. The van der Waals surface area contributed by atoms with Crippen LogP contribution in [0.4, 0.5) is 10.5 Å². The number of hydrogen-bond donors (Lipinski definition) is 1. The number of nitrogens with zero attached hydrogens (tertiary/aromatic N) is 1. The first-order chi connectivity index (χ1) is 11.5. The van der Waals surface area contributed by atoms with Gasteiger partial charge in [0.15, 0.2) is 11.5 Å². The second-order valence-electron chi connectivity index (χ2n) is 5.42. The fourth-order valence-electron chi connectivity index (χ4n) is 2.37. The molecule has 0 radical (unpaired) electrons. The van der Waals surface area contributed by atoms with Crippen LogP contribution in [-0.4, -0.2) is 18.2 Å². The summed E-state index contributed by atoms with van der Waals surface area (Å²) in [6.45, 7) is 4.13. The Hall–Kier alpha value is -3.02. The molecule has 0 fully saturated rings. The lowest BCUT2D eigenvalue weighted by Crippen LogP contribution is -2.11. The van der Waals surface area contributed by atoms with Crippen molar-refractivity contribution < 1.29 is 18.7 Å². The zero-order chi connectivity index (χ0) is 17.1. The number of methoxy groups -OCH3 is 1. The zero-order valence-electron chi connectivity index (χ0n) is 13.8. The normalized spacial score (nSPS) is 10.6. The summed E-state index contributed by atoms with van der Waals surface area (Å²) >= 11 is 0. The molecule has 0 spiro atoms. The maximum absolute atomic E-state index is 11.3. The van der Waals surface area contributed by atoms with Gasteiger partial charge in [-0.05, 0) is 48.4 Å². The minimum atomic E-state index is -0.498. The van der Waals surface area contributed by atoms with Crippen LogP contribution in [-0.2, 0) is 11.3 Å². The van der Waals surface area contributed by atoms with Crippen molar-refractivity contribution in [1.82, 2.24) is 4.98 Å². The third-order valence-electron chi connectivity index (χ3n) is 3.59. The number of anilines is 1. The van der Waals surface area contributed by atoms with Gasteiger partial charge < -0.3 is 13.9 Å². The summed E-state index contributed by atoms with van der Waals surface area (Å²) in [6, 6.07) is 11.3. The van der Waals surface area contributed by atoms with E-state index in [1.54, 1.807) is 12.1 Å². The number of aromatic nitrogens is 1. The van der Waals surface area contributed by atoms with Crippen molar-refractivity contribution >= 4 is 22.9 Å². The van der Waals surface area contributed by atoms with Gasteiger partial charge in [-0.15, -0.1) is 0 Å². The Balaban J connectivity index is 1.69. The number of ether oxygens (including phenoxy) is 2. The van der Waals surface area contributed by atoms with E-state index in [1.807, 2.05) is 38.1 Å². The molecule has 24 heavy (non-hydrogen) atoms. The van der Waals surface area contributed by atoms with E-state index < -0.39 is 6.09 Å². The Morgan fingerprint density at radius 2 is 2.04 bits per heavy atom. The van der Waals surface area contributed by atoms with Crippen LogP contribution in [0, 0.1) is 13.8 Å². The van der Waals surface area contributed by atoms with Crippen molar-refractivity contribution in [1.29, 1.82) is 0 Å². The van der Waals surface area contributed by atoms with Crippen LogP contribution in [0.15, 0.2) is 40.8 Å². The van der Waals surface area contributed by atoms with Crippen molar-refractivity contribution in [3.63, 3.8) is 0 Å². The summed E-state index contributed by atoms with van der Waals surface area (Å²) in [5, 5.41) is 2.65. The molecule has 3 rings (SSSR count). The highest BCUT2D eigenvalue weighted by Gasteiger charge is 2.07. The molecule has 1 N–H and O–H groups in total. The Morgan fingerprint density at radius 3 is 2.79 bits per heavy atom. The number of fused-ring (bicyclic) bond motifs is 1. The van der Waals surface area contributed by atoms with Crippen molar-refractivity contribution in [2.75, 3.05) is 12.4 Å². The predicted octanol–water partition coefficient (Wildman–Crippen LogP) is 4.20. The number of carbonyl (C=O) groups excluding carboxylic acids is 1. The quantitative estimate of drug-likeness (QED) is 0.777. The Kier molecular flexibility index (Phi) is 4.37. The summed E-state index contributed by atoms with van der Waals surface area (Å²) in [6.07, 6.45) is -0.498. The van der Waals surface area contributed by atoms with Crippen LogP contribution in [0.3, 0.4) is 0 Å². The van der Waals surface area contributed by atoms with Crippen LogP contribution < -0.4 is 10.1 Å². The first-order valence-electron chi connectivity index (χ1n) is 7.49. The maximum Gasteiger partial charge on any atom is 0.411 e. The van der Waals surface area contributed by atoms with Crippen LogP contribution in [0.25, 0.3) is 11.1 Å². The van der Waals surface area contributed by atoms with Gasteiger partial charge in [-0.1, -0.05) is 6.07 Å². The van der Waals surface area contributed by atoms with Gasteiger partial charge in [-0.2, -0.15) is 0 Å². The Bertz CT molecular complexity index is 886. The first kappa shape index (κ1) is 15.9. The molecule has 1 amide bonds. The molecule has 6 nitrogen and oxygen atoms in total. The van der Waals surface area contributed by atoms with Crippen molar-refractivity contribution in [2.45, 2.75) is 20.5 Å². The monoisotopic (exact) mass is 326 g/mol. The summed E-state index contributed by atoms with van der Waals surface area (Å²) < 4.78 is 15.9. The van der Waals surface area contributed by atoms with Crippen LogP contribution in [0.5, 0.6) is 5.75 Å². The van der Waals surface area contributed by atoms with E-state index in [9.17, 15) is 4.79 Å². The first-order valence-corrected chi connectivity index (χ1v) is 7.49. The van der Waals surface area contributed by atoms with Crippen molar-refractivity contribution in [3.05, 3.63) is 53.4 Å². The Labute approximate surface area is 139 Å². The van der Waals surface area contributed by atoms with E-state index in [2.05, 4.69) is 15.0 Å². The molecule has 1 heterocycles. The van der Waals surface area contributed by atoms with Gasteiger partial charge in [0.25, 0.3) is 0 Å². The average Bonchev–Trinajstić information content (AvgIpc) is 2.94. The highest BCUT2D eigenvalue weighted by atomic mass is 16.5. The summed E-state index contributed by atoms with van der Waals surface area (Å²) in [5.74, 6) is 1.36. The van der Waals surface area contributed by atoms with Crippen LogP contribution in [0.1, 0.15) is 17.0 Å². The average molecular weight is 326 g/mol. The van der Waals surface area contributed by atoms with E-state index in [-0.39, 0.29) is 0 Å². The van der Waals surface area contributed by atoms with Gasteiger partial charge in [-0.25, -0.2) is 9.78 Å². The smallest absolute Gasteiger partial charge is 0.411 e. The Morgan fingerprint density at radius 1 is 1.21 bits per heavy atom. The third kappa shape index (κ3) is 3.48. The molecule has 0 aliphatic heterocycles. The molecule has 0 aliphatic rings. The maximum atomic E-state index is 11.3. The highest BCUT2D eigenvalue weighted by molar-refractivity contribution is 5.85. The number of aryl methyl sites for hydroxylation is 2.